The van der Waals surface area contributed by atoms with Gasteiger partial charge in [0.05, 0.1) is 22.3 Å². The minimum atomic E-state index is -0.391. The van der Waals surface area contributed by atoms with E-state index in [1.165, 1.54) is 36.7 Å². The van der Waals surface area contributed by atoms with Crippen molar-refractivity contribution in [3.63, 3.8) is 0 Å². The molecule has 0 atom stereocenters. The van der Waals surface area contributed by atoms with E-state index in [2.05, 4.69) is 10.3 Å². The Kier molecular flexibility index (Phi) is 5.22. The molecular weight excluding hydrogens is 386 g/mol. The van der Waals surface area contributed by atoms with Crippen LogP contribution in [0.25, 0.3) is 16.3 Å². The Labute approximate surface area is 156 Å². The Morgan fingerprint density at radius 2 is 2.12 bits per heavy atom. The summed E-state index contributed by atoms with van der Waals surface area (Å²) >= 11 is 13.2. The number of rotatable bonds is 4. The second-order valence-electron chi connectivity index (χ2n) is 4.96. The second-order valence-corrected chi connectivity index (χ2v) is 6.84. The molecule has 1 heterocycles. The maximum atomic E-state index is 13.2. The van der Waals surface area contributed by atoms with Gasteiger partial charge in [-0.1, -0.05) is 34.5 Å². The van der Waals surface area contributed by atoms with E-state index in [1.807, 2.05) is 0 Å². The lowest BCUT2D eigenvalue weighted by molar-refractivity contribution is -0.111. The molecule has 0 aliphatic carbocycles. The third-order valence-electron chi connectivity index (χ3n) is 3.24. The van der Waals surface area contributed by atoms with E-state index < -0.39 is 5.91 Å². The van der Waals surface area contributed by atoms with E-state index in [-0.39, 0.29) is 5.82 Å². The predicted molar refractivity (Wildman–Crippen MR) is 100 cm³/mol. The maximum absolute atomic E-state index is 13.2. The summed E-state index contributed by atoms with van der Waals surface area (Å²) in [7, 11) is 1.48. The average Bonchev–Trinajstić information content (AvgIpc) is 2.93. The first-order valence-corrected chi connectivity index (χ1v) is 8.61. The molecule has 0 bridgehead atoms. The molecule has 0 aliphatic rings. The molecule has 0 saturated heterocycles. The predicted octanol–water partition coefficient (Wildman–Crippen LogP) is 5.40. The topological polar surface area (TPSA) is 51.2 Å². The van der Waals surface area contributed by atoms with Crippen LogP contribution in [0.1, 0.15) is 5.56 Å². The highest BCUT2D eigenvalue weighted by Crippen LogP contribution is 2.33. The Hall–Kier alpha value is -2.15. The summed E-state index contributed by atoms with van der Waals surface area (Å²) < 4.78 is 19.1. The summed E-state index contributed by atoms with van der Waals surface area (Å²) in [5.74, 6) is -0.317. The van der Waals surface area contributed by atoms with Gasteiger partial charge >= 0.3 is 0 Å². The van der Waals surface area contributed by atoms with Gasteiger partial charge in [0.15, 0.2) is 5.13 Å². The van der Waals surface area contributed by atoms with Gasteiger partial charge in [-0.2, -0.15) is 0 Å². The van der Waals surface area contributed by atoms with Gasteiger partial charge in [0.1, 0.15) is 11.6 Å². The van der Waals surface area contributed by atoms with Gasteiger partial charge in [0, 0.05) is 16.7 Å². The zero-order chi connectivity index (χ0) is 18.0. The van der Waals surface area contributed by atoms with E-state index >= 15 is 0 Å². The van der Waals surface area contributed by atoms with E-state index in [0.717, 1.165) is 0 Å². The van der Waals surface area contributed by atoms with Crippen LogP contribution in [0.5, 0.6) is 5.75 Å². The van der Waals surface area contributed by atoms with Crippen molar-refractivity contribution in [1.29, 1.82) is 0 Å². The van der Waals surface area contributed by atoms with Gasteiger partial charge < -0.3 is 4.74 Å². The van der Waals surface area contributed by atoms with Gasteiger partial charge in [-0.3, -0.25) is 10.1 Å². The van der Waals surface area contributed by atoms with Crippen LogP contribution >= 0.6 is 34.5 Å². The molecule has 1 amide bonds. The highest BCUT2D eigenvalue weighted by Gasteiger charge is 2.09. The number of carbonyl (C=O) groups excluding carboxylic acids is 1. The molecule has 128 valence electrons. The second kappa shape index (κ2) is 7.39. The van der Waals surface area contributed by atoms with Gasteiger partial charge in [-0.25, -0.2) is 9.37 Å². The van der Waals surface area contributed by atoms with Crippen LogP contribution in [-0.2, 0) is 4.79 Å². The number of ether oxygens (including phenoxy) is 1. The molecule has 8 heteroatoms. The van der Waals surface area contributed by atoms with Gasteiger partial charge in [0.25, 0.3) is 0 Å². The molecule has 1 aromatic heterocycles. The van der Waals surface area contributed by atoms with Crippen molar-refractivity contribution in [1.82, 2.24) is 4.98 Å². The van der Waals surface area contributed by atoms with Crippen LogP contribution in [0.3, 0.4) is 0 Å². The maximum Gasteiger partial charge on any atom is 0.250 e. The van der Waals surface area contributed by atoms with Crippen molar-refractivity contribution in [2.24, 2.45) is 0 Å². The molecule has 4 nitrogen and oxygen atoms in total. The summed E-state index contributed by atoms with van der Waals surface area (Å²) in [6.07, 6.45) is 2.86. The zero-order valence-electron chi connectivity index (χ0n) is 12.8. The minimum absolute atomic E-state index is 0.348. The summed E-state index contributed by atoms with van der Waals surface area (Å²) in [5, 5.41) is 3.80. The largest absolute Gasteiger partial charge is 0.495 e. The van der Waals surface area contributed by atoms with Crippen molar-refractivity contribution in [2.75, 3.05) is 12.4 Å². The molecule has 1 N–H and O–H groups in total. The number of carbonyl (C=O) groups is 1. The smallest absolute Gasteiger partial charge is 0.250 e. The molecule has 0 fully saturated rings. The molecular formula is C17H11Cl2FN2O2S. The van der Waals surface area contributed by atoms with Crippen molar-refractivity contribution in [3.05, 3.63) is 57.8 Å². The lowest BCUT2D eigenvalue weighted by atomic mass is 10.2. The molecule has 0 saturated carbocycles. The number of halogens is 3. The van der Waals surface area contributed by atoms with Crippen LogP contribution < -0.4 is 10.1 Å². The normalized spacial score (nSPS) is 11.2. The number of hydrogen-bond donors (Lipinski definition) is 1. The molecule has 0 aliphatic heterocycles. The zero-order valence-corrected chi connectivity index (χ0v) is 15.2. The lowest BCUT2D eigenvalue weighted by Gasteiger charge is -2.07. The van der Waals surface area contributed by atoms with Gasteiger partial charge in [-0.15, -0.1) is 0 Å². The number of aromatic nitrogens is 1. The van der Waals surface area contributed by atoms with Crippen LogP contribution in [0.15, 0.2) is 36.4 Å². The van der Waals surface area contributed by atoms with Crippen molar-refractivity contribution in [3.8, 4) is 5.75 Å². The molecule has 2 aromatic carbocycles. The van der Waals surface area contributed by atoms with E-state index in [1.54, 1.807) is 24.3 Å². The molecule has 3 aromatic rings. The third-order valence-corrected chi connectivity index (χ3v) is 4.67. The number of benzene rings is 2. The summed E-state index contributed by atoms with van der Waals surface area (Å²) in [4.78, 5) is 16.3. The molecule has 0 spiro atoms. The first-order chi connectivity index (χ1) is 12.0. The van der Waals surface area contributed by atoms with Crippen molar-refractivity contribution in [2.45, 2.75) is 0 Å². The lowest BCUT2D eigenvalue weighted by Crippen LogP contribution is -2.07. The Morgan fingerprint density at radius 3 is 2.88 bits per heavy atom. The molecule has 3 rings (SSSR count). The highest BCUT2D eigenvalue weighted by atomic mass is 35.5. The number of fused-ring (bicyclic) bond motifs is 1. The summed E-state index contributed by atoms with van der Waals surface area (Å²) in [5.41, 5.74) is 1.19. The molecule has 0 unspecified atom stereocenters. The number of nitrogens with zero attached hydrogens (tertiary/aromatic N) is 1. The highest BCUT2D eigenvalue weighted by molar-refractivity contribution is 7.22. The van der Waals surface area contributed by atoms with E-state index in [4.69, 9.17) is 27.9 Å². The standard InChI is InChI=1S/C17H11Cl2FN2O2S/c1-24-16-9(6-10(18)7-12(16)19)2-5-15(23)22-17-21-13-4-3-11(20)8-14(13)25-17/h2-8H,1H3,(H,21,22,23)/b5-2+. The number of thiazole rings is 1. The molecule has 25 heavy (non-hydrogen) atoms. The van der Waals surface area contributed by atoms with Crippen LogP contribution in [0, 0.1) is 5.82 Å². The van der Waals surface area contributed by atoms with Crippen LogP contribution in [0.2, 0.25) is 10.0 Å². The van der Waals surface area contributed by atoms with E-state index in [0.29, 0.717) is 36.7 Å². The molecule has 0 radical (unpaired) electrons. The fourth-order valence-corrected chi connectivity index (χ4v) is 3.66. The number of anilines is 1. The number of amides is 1. The first-order valence-electron chi connectivity index (χ1n) is 7.04. The Morgan fingerprint density at radius 1 is 1.32 bits per heavy atom. The summed E-state index contributed by atoms with van der Waals surface area (Å²) in [6.45, 7) is 0. The number of hydrogen-bond acceptors (Lipinski definition) is 4. The van der Waals surface area contributed by atoms with Crippen LogP contribution in [-0.4, -0.2) is 18.0 Å². The van der Waals surface area contributed by atoms with Gasteiger partial charge in [-0.05, 0) is 36.4 Å². The minimum Gasteiger partial charge on any atom is -0.495 e. The third kappa shape index (κ3) is 4.10. The quantitative estimate of drug-likeness (QED) is 0.600. The summed E-state index contributed by atoms with van der Waals surface area (Å²) in [6, 6.07) is 7.45. The fraction of sp³-hybridized carbons (Fsp3) is 0.0588. The van der Waals surface area contributed by atoms with Crippen LogP contribution in [0.4, 0.5) is 9.52 Å². The number of nitrogens with one attached hydrogen (secondary N) is 1. The SMILES string of the molecule is COc1c(Cl)cc(Cl)cc1/C=C/C(=O)Nc1nc2ccc(F)cc2s1. The van der Waals surface area contributed by atoms with Crippen molar-refractivity contribution >= 4 is 61.9 Å². The Balaban J connectivity index is 1.78. The van der Waals surface area contributed by atoms with Gasteiger partial charge in [0.2, 0.25) is 5.91 Å². The fourth-order valence-electron chi connectivity index (χ4n) is 2.18. The van der Waals surface area contributed by atoms with E-state index in [9.17, 15) is 9.18 Å². The monoisotopic (exact) mass is 396 g/mol. The number of methoxy groups -OCH3 is 1. The first kappa shape index (κ1) is 17.7. The van der Waals surface area contributed by atoms with Crippen molar-refractivity contribution < 1.29 is 13.9 Å². The average molecular weight is 397 g/mol. The Bertz CT molecular complexity index is 988.